The molecule has 9 aromatic carbocycles. The van der Waals surface area contributed by atoms with Crippen LogP contribution in [0.1, 0.15) is 0 Å². The number of fused-ring (bicyclic) bond motifs is 4. The summed E-state index contributed by atoms with van der Waals surface area (Å²) in [7, 11) is -5.74. The van der Waals surface area contributed by atoms with Crippen LogP contribution in [0.15, 0.2) is 249 Å². The van der Waals surface area contributed by atoms with Crippen molar-refractivity contribution in [3.05, 3.63) is 249 Å². The molecule has 0 saturated carbocycles. The van der Waals surface area contributed by atoms with E-state index in [9.17, 15) is 0 Å². The van der Waals surface area contributed by atoms with Crippen LogP contribution in [0.25, 0.3) is 11.4 Å². The summed E-state index contributed by atoms with van der Waals surface area (Å²) >= 11 is 0. The van der Waals surface area contributed by atoms with Crippen molar-refractivity contribution in [2.75, 3.05) is 9.80 Å². The molecule has 0 amide bonds. The molecule has 0 radical (unpaired) electrons. The van der Waals surface area contributed by atoms with Gasteiger partial charge in [-0.2, -0.15) is 15.0 Å². The maximum atomic E-state index is 5.65. The Kier molecular flexibility index (Phi) is 9.10. The first-order valence-corrected chi connectivity index (χ1v) is 25.8. The third kappa shape index (κ3) is 5.65. The zero-order chi connectivity index (χ0) is 42.5. The van der Waals surface area contributed by atoms with Crippen molar-refractivity contribution in [2.45, 2.75) is 0 Å². The van der Waals surface area contributed by atoms with Crippen LogP contribution in [0.3, 0.4) is 0 Å². The Morgan fingerprint density at radius 3 is 0.797 bits per heavy atom. The number of benzene rings is 9. The van der Waals surface area contributed by atoms with E-state index in [2.05, 4.69) is 252 Å². The highest BCUT2D eigenvalue weighted by atomic mass is 28.3. The van der Waals surface area contributed by atoms with Gasteiger partial charge in [-0.05, 0) is 65.8 Å². The summed E-state index contributed by atoms with van der Waals surface area (Å²) in [6.07, 6.45) is 0. The minimum atomic E-state index is -2.87. The number of para-hydroxylation sites is 4. The fourth-order valence-electron chi connectivity index (χ4n) is 10.5. The Labute approximate surface area is 375 Å². The molecule has 302 valence electrons. The van der Waals surface area contributed by atoms with Gasteiger partial charge in [-0.15, -0.1) is 0 Å². The van der Waals surface area contributed by atoms with Gasteiger partial charge >= 0.3 is 0 Å². The monoisotopic (exact) mass is 851 g/mol. The number of anilines is 6. The van der Waals surface area contributed by atoms with Crippen LogP contribution in [0.2, 0.25) is 0 Å². The standard InChI is InChI=1S/C57H41N5Si2/c1-6-24-42(25-7-1)55-58-56(61-47-34-16-20-38-51(47)63(43-26-8-2-9-27-43,44-28-10-3-11-29-44)52-39-21-17-35-48(52)61)60-57(59-55)62-49-36-18-22-40-53(49)64(45-30-12-4-13-31-45,46-32-14-5-15-33-46)54-41-23-19-37-50(54)62/h1-41H. The molecule has 0 bridgehead atoms. The van der Waals surface area contributed by atoms with Crippen molar-refractivity contribution in [1.82, 2.24) is 15.0 Å². The first kappa shape index (κ1) is 37.8. The molecule has 64 heavy (non-hydrogen) atoms. The van der Waals surface area contributed by atoms with Crippen LogP contribution in [0.5, 0.6) is 0 Å². The first-order chi connectivity index (χ1) is 31.8. The minimum Gasteiger partial charge on any atom is -0.279 e. The molecule has 12 rings (SSSR count). The third-order valence-electron chi connectivity index (χ3n) is 13.1. The molecule has 0 fully saturated rings. The molecule has 0 aliphatic carbocycles. The van der Waals surface area contributed by atoms with Crippen LogP contribution in [-0.4, -0.2) is 31.1 Å². The smallest absolute Gasteiger partial charge is 0.240 e. The Morgan fingerprint density at radius 1 is 0.250 bits per heavy atom. The summed E-state index contributed by atoms with van der Waals surface area (Å²) in [5, 5.41) is 10.4. The van der Waals surface area contributed by atoms with Gasteiger partial charge in [0, 0.05) is 28.3 Å². The van der Waals surface area contributed by atoms with Gasteiger partial charge in [0.1, 0.15) is 0 Å². The van der Waals surface area contributed by atoms with Gasteiger partial charge in [-0.25, -0.2) is 0 Å². The van der Waals surface area contributed by atoms with Crippen LogP contribution < -0.4 is 51.3 Å². The number of hydrogen-bond acceptors (Lipinski definition) is 5. The molecule has 0 N–H and O–H groups in total. The number of nitrogens with zero attached hydrogens (tertiary/aromatic N) is 5. The zero-order valence-corrected chi connectivity index (χ0v) is 36.9. The summed E-state index contributed by atoms with van der Waals surface area (Å²) < 4.78 is 0. The lowest BCUT2D eigenvalue weighted by atomic mass is 10.2. The predicted octanol–water partition coefficient (Wildman–Crippen LogP) is 7.86. The molecule has 2 aliphatic rings. The van der Waals surface area contributed by atoms with Gasteiger partial charge in [-0.1, -0.05) is 224 Å². The molecule has 0 atom stereocenters. The van der Waals surface area contributed by atoms with Crippen molar-refractivity contribution >= 4 is 92.3 Å². The molecule has 10 aromatic rings. The van der Waals surface area contributed by atoms with Crippen LogP contribution in [-0.2, 0) is 0 Å². The SMILES string of the molecule is c1ccc(-c2nc(N3c4ccccc4[Si](c4ccccc4)(c4ccccc4)c4ccccc43)nc(N3c4ccccc4[Si](c4ccccc4)(c4ccccc4)c4ccccc43)n2)cc1. The van der Waals surface area contributed by atoms with Crippen molar-refractivity contribution in [2.24, 2.45) is 0 Å². The Balaban J connectivity index is 1.14. The van der Waals surface area contributed by atoms with Gasteiger partial charge in [-0.3, -0.25) is 9.80 Å². The van der Waals surface area contributed by atoms with Gasteiger partial charge in [0.2, 0.25) is 11.9 Å². The van der Waals surface area contributed by atoms with E-state index < -0.39 is 16.1 Å². The largest absolute Gasteiger partial charge is 0.279 e. The van der Waals surface area contributed by atoms with Gasteiger partial charge in [0.15, 0.2) is 22.0 Å². The topological polar surface area (TPSA) is 45.2 Å². The molecular weight excluding hydrogens is 811 g/mol. The lowest BCUT2D eigenvalue weighted by Gasteiger charge is -2.45. The quantitative estimate of drug-likeness (QED) is 0.153. The summed E-state index contributed by atoms with van der Waals surface area (Å²) in [5.74, 6) is 1.72. The minimum absolute atomic E-state index is 0.558. The van der Waals surface area contributed by atoms with Crippen LogP contribution >= 0.6 is 0 Å². The zero-order valence-electron chi connectivity index (χ0n) is 34.9. The van der Waals surface area contributed by atoms with E-state index in [1.807, 2.05) is 6.07 Å². The summed E-state index contributed by atoms with van der Waals surface area (Å²) in [6.45, 7) is 0. The van der Waals surface area contributed by atoms with Crippen LogP contribution in [0, 0.1) is 0 Å². The summed E-state index contributed by atoms with van der Waals surface area (Å²) in [5.41, 5.74) is 5.18. The first-order valence-electron chi connectivity index (χ1n) is 21.8. The molecule has 0 saturated heterocycles. The fraction of sp³-hybridized carbons (Fsp3) is 0. The van der Waals surface area contributed by atoms with Crippen LogP contribution in [0.4, 0.5) is 34.6 Å². The van der Waals surface area contributed by atoms with E-state index in [1.54, 1.807) is 0 Å². The molecule has 5 nitrogen and oxygen atoms in total. The normalized spacial score (nSPS) is 14.1. The van der Waals surface area contributed by atoms with Crippen molar-refractivity contribution < 1.29 is 0 Å². The Hall–Kier alpha value is -7.98. The lowest BCUT2D eigenvalue weighted by Crippen LogP contribution is -2.77. The Bertz CT molecular complexity index is 2920. The highest BCUT2D eigenvalue weighted by Gasteiger charge is 2.51. The predicted molar refractivity (Wildman–Crippen MR) is 269 cm³/mol. The van der Waals surface area contributed by atoms with E-state index in [0.717, 1.165) is 28.3 Å². The summed E-state index contributed by atoms with van der Waals surface area (Å²) in [6, 6.07) is 90.3. The average molecular weight is 852 g/mol. The molecule has 7 heteroatoms. The van der Waals surface area contributed by atoms with E-state index in [0.29, 0.717) is 17.7 Å². The molecule has 0 unspecified atom stereocenters. The number of aromatic nitrogens is 3. The van der Waals surface area contributed by atoms with Gasteiger partial charge in [0.25, 0.3) is 0 Å². The molecule has 1 aromatic heterocycles. The summed E-state index contributed by atoms with van der Waals surface area (Å²) in [4.78, 5) is 21.1. The maximum absolute atomic E-state index is 5.65. The highest BCUT2D eigenvalue weighted by Crippen LogP contribution is 2.41. The second-order valence-electron chi connectivity index (χ2n) is 16.3. The molecule has 0 spiro atoms. The van der Waals surface area contributed by atoms with E-state index in [1.165, 1.54) is 41.5 Å². The van der Waals surface area contributed by atoms with Gasteiger partial charge < -0.3 is 0 Å². The average Bonchev–Trinajstić information content (AvgIpc) is 3.38. The second-order valence-corrected chi connectivity index (χ2v) is 23.8. The van der Waals surface area contributed by atoms with Crippen molar-refractivity contribution in [3.63, 3.8) is 0 Å². The maximum Gasteiger partial charge on any atom is 0.240 e. The highest BCUT2D eigenvalue weighted by molar-refractivity contribution is 7.22. The van der Waals surface area contributed by atoms with Crippen molar-refractivity contribution in [3.8, 4) is 11.4 Å². The number of hydrogen-bond donors (Lipinski definition) is 0. The molecular formula is C57H41N5Si2. The van der Waals surface area contributed by atoms with E-state index in [-0.39, 0.29) is 0 Å². The second kappa shape index (κ2) is 15.4. The Morgan fingerprint density at radius 2 is 0.500 bits per heavy atom. The fourth-order valence-corrected chi connectivity index (χ4v) is 20.7. The number of rotatable bonds is 7. The van der Waals surface area contributed by atoms with E-state index in [4.69, 9.17) is 15.0 Å². The van der Waals surface area contributed by atoms with Gasteiger partial charge in [0.05, 0.1) is 0 Å². The third-order valence-corrected chi connectivity index (χ3v) is 22.8. The van der Waals surface area contributed by atoms with Crippen molar-refractivity contribution in [1.29, 1.82) is 0 Å². The molecule has 3 heterocycles. The lowest BCUT2D eigenvalue weighted by molar-refractivity contribution is 0.990. The molecule has 2 aliphatic heterocycles. The van der Waals surface area contributed by atoms with E-state index >= 15 is 0 Å².